The number of carbonyl (C=O) groups excluding carboxylic acids is 1. The Kier molecular flexibility index (Phi) is 38.0. The first-order valence-corrected chi connectivity index (χ1v) is 22.9. The Bertz CT molecular complexity index is 816. The quantitative estimate of drug-likeness (QED) is 0.0495. The molecule has 1 heterocycles. The van der Waals surface area contributed by atoms with Crippen LogP contribution in [0.2, 0.25) is 0 Å². The van der Waals surface area contributed by atoms with Crippen LogP contribution in [-0.4, -0.2) is 82.3 Å². The molecule has 53 heavy (non-hydrogen) atoms. The summed E-state index contributed by atoms with van der Waals surface area (Å²) in [5.41, 5.74) is 5.86. The summed E-state index contributed by atoms with van der Waals surface area (Å²) < 4.78 is 23.9. The van der Waals surface area contributed by atoms with Crippen LogP contribution in [0.15, 0.2) is 24.3 Å². The molecule has 7 heteroatoms. The van der Waals surface area contributed by atoms with E-state index in [1.807, 2.05) is 0 Å². The van der Waals surface area contributed by atoms with E-state index >= 15 is 0 Å². The lowest BCUT2D eigenvalue weighted by Crippen LogP contribution is -2.46. The fourth-order valence-electron chi connectivity index (χ4n) is 6.96. The van der Waals surface area contributed by atoms with Gasteiger partial charge in [-0.05, 0) is 64.2 Å². The van der Waals surface area contributed by atoms with Crippen molar-refractivity contribution in [2.45, 2.75) is 206 Å². The first-order chi connectivity index (χ1) is 26.2. The van der Waals surface area contributed by atoms with Crippen LogP contribution in [0.5, 0.6) is 0 Å². The van der Waals surface area contributed by atoms with Crippen molar-refractivity contribution in [3.05, 3.63) is 24.3 Å². The Balaban J connectivity index is 2.23. The second-order valence-corrected chi connectivity index (χ2v) is 15.5. The molecule has 0 spiro atoms. The first kappa shape index (κ1) is 49.8. The lowest BCUT2D eigenvalue weighted by Gasteiger charge is -2.28. The first-order valence-electron chi connectivity index (χ1n) is 22.9. The average Bonchev–Trinajstić information content (AvgIpc) is 3.17. The van der Waals surface area contributed by atoms with Crippen molar-refractivity contribution in [2.24, 2.45) is 5.73 Å². The summed E-state index contributed by atoms with van der Waals surface area (Å²) in [6, 6.07) is 0. The van der Waals surface area contributed by atoms with Crippen LogP contribution >= 0.6 is 0 Å². The molecular weight excluding hydrogens is 661 g/mol. The molecule has 1 saturated heterocycles. The van der Waals surface area contributed by atoms with Gasteiger partial charge in [0.15, 0.2) is 6.10 Å². The number of nitrogens with two attached hydrogens (primary N) is 1. The summed E-state index contributed by atoms with van der Waals surface area (Å²) in [6.45, 7) is 10.8. The number of unbranched alkanes of at least 4 members (excludes halogenated alkanes) is 24. The molecule has 0 aromatic rings. The van der Waals surface area contributed by atoms with Gasteiger partial charge < -0.3 is 24.7 Å². The summed E-state index contributed by atoms with van der Waals surface area (Å²) in [6.07, 6.45) is 43.8. The van der Waals surface area contributed by atoms with Gasteiger partial charge in [-0.2, -0.15) is 0 Å². The Morgan fingerprint density at radius 2 is 0.962 bits per heavy atom. The van der Waals surface area contributed by atoms with Gasteiger partial charge in [-0.1, -0.05) is 154 Å². The van der Waals surface area contributed by atoms with E-state index in [0.29, 0.717) is 26.4 Å². The normalized spacial score (nSPS) is 15.2. The van der Waals surface area contributed by atoms with Gasteiger partial charge in [-0.15, -0.1) is 0 Å². The van der Waals surface area contributed by atoms with E-state index < -0.39 is 18.1 Å². The van der Waals surface area contributed by atoms with Gasteiger partial charge in [-0.3, -0.25) is 9.69 Å². The maximum absolute atomic E-state index is 12.5. The van der Waals surface area contributed by atoms with Gasteiger partial charge in [0.25, 0.3) is 0 Å². The monoisotopic (exact) mass is 749 g/mol. The minimum atomic E-state index is -0.782. The number of ether oxygens (including phenoxy) is 4. The molecule has 1 rings (SSSR count). The highest BCUT2D eigenvalue weighted by Gasteiger charge is 2.28. The standard InChI is InChI=1S/C46H88N2O5/c1-3-5-7-9-11-13-15-17-19-21-23-25-27-29-31-33-38-52-44(43-51-42-37-48-35-40-50-41-36-48)45(46(47)49)53-39-34-32-30-28-26-24-22-20-18-16-14-12-10-8-6-4-2/h17-20,44-45H,3-16,21-43H2,1-2H3,(H2,47,49)/b19-17-,20-18-. The molecule has 2 atom stereocenters. The van der Waals surface area contributed by atoms with Gasteiger partial charge in [0.1, 0.15) is 6.10 Å². The number of morpholine rings is 1. The minimum Gasteiger partial charge on any atom is -0.379 e. The number of allylic oxidation sites excluding steroid dienone is 4. The molecule has 0 saturated carbocycles. The highest BCUT2D eigenvalue weighted by molar-refractivity contribution is 5.79. The van der Waals surface area contributed by atoms with Crippen LogP contribution in [0.4, 0.5) is 0 Å². The fourth-order valence-corrected chi connectivity index (χ4v) is 6.96. The molecule has 1 aliphatic heterocycles. The van der Waals surface area contributed by atoms with Crippen molar-refractivity contribution >= 4 is 5.91 Å². The maximum atomic E-state index is 12.5. The lowest BCUT2D eigenvalue weighted by molar-refractivity contribution is -0.148. The number of hydrogen-bond donors (Lipinski definition) is 1. The zero-order chi connectivity index (χ0) is 38.1. The van der Waals surface area contributed by atoms with E-state index in [9.17, 15) is 4.79 Å². The molecule has 0 bridgehead atoms. The average molecular weight is 749 g/mol. The number of rotatable bonds is 41. The van der Waals surface area contributed by atoms with E-state index in [2.05, 4.69) is 43.1 Å². The lowest BCUT2D eigenvalue weighted by atomic mass is 10.1. The summed E-state index contributed by atoms with van der Waals surface area (Å²) in [5, 5.41) is 0. The van der Waals surface area contributed by atoms with Crippen LogP contribution in [-0.2, 0) is 23.7 Å². The highest BCUT2D eigenvalue weighted by Crippen LogP contribution is 2.14. The third kappa shape index (κ3) is 33.8. The molecule has 2 unspecified atom stereocenters. The van der Waals surface area contributed by atoms with E-state index in [0.717, 1.165) is 58.5 Å². The highest BCUT2D eigenvalue weighted by atomic mass is 16.6. The largest absolute Gasteiger partial charge is 0.379 e. The predicted octanol–water partition coefficient (Wildman–Crippen LogP) is 11.7. The van der Waals surface area contributed by atoms with Crippen LogP contribution in [0.3, 0.4) is 0 Å². The maximum Gasteiger partial charge on any atom is 0.249 e. The fraction of sp³-hybridized carbons (Fsp3) is 0.891. The number of amides is 1. The zero-order valence-electron chi connectivity index (χ0n) is 35.2. The molecule has 0 radical (unpaired) electrons. The second-order valence-electron chi connectivity index (χ2n) is 15.5. The molecule has 312 valence electrons. The molecule has 1 amide bonds. The Labute approximate surface area is 328 Å². The third-order valence-corrected chi connectivity index (χ3v) is 10.5. The van der Waals surface area contributed by atoms with E-state index in [1.165, 1.54) is 154 Å². The predicted molar refractivity (Wildman–Crippen MR) is 226 cm³/mol. The van der Waals surface area contributed by atoms with E-state index in [-0.39, 0.29) is 0 Å². The second kappa shape index (κ2) is 40.4. The molecule has 0 aliphatic carbocycles. The van der Waals surface area contributed by atoms with Crippen LogP contribution in [0, 0.1) is 0 Å². The summed E-state index contributed by atoms with van der Waals surface area (Å²) in [5.74, 6) is -0.461. The minimum absolute atomic E-state index is 0.317. The zero-order valence-corrected chi connectivity index (χ0v) is 35.2. The summed E-state index contributed by atoms with van der Waals surface area (Å²) in [4.78, 5) is 14.9. The molecule has 0 aromatic heterocycles. The van der Waals surface area contributed by atoms with Gasteiger partial charge in [-0.25, -0.2) is 0 Å². The van der Waals surface area contributed by atoms with Crippen LogP contribution < -0.4 is 5.73 Å². The van der Waals surface area contributed by atoms with E-state index in [1.54, 1.807) is 0 Å². The molecule has 7 nitrogen and oxygen atoms in total. The van der Waals surface area contributed by atoms with Crippen molar-refractivity contribution < 1.29 is 23.7 Å². The number of hydrogen-bond acceptors (Lipinski definition) is 6. The topological polar surface area (TPSA) is 83.2 Å². The van der Waals surface area contributed by atoms with Crippen LogP contribution in [0.1, 0.15) is 194 Å². The molecule has 1 aliphatic rings. The molecular formula is C46H88N2O5. The van der Waals surface area contributed by atoms with Crippen LogP contribution in [0.25, 0.3) is 0 Å². The number of nitrogens with zero attached hydrogens (tertiary/aromatic N) is 1. The third-order valence-electron chi connectivity index (χ3n) is 10.5. The van der Waals surface area contributed by atoms with Crippen molar-refractivity contribution in [3.8, 4) is 0 Å². The van der Waals surface area contributed by atoms with Crippen molar-refractivity contribution in [1.29, 1.82) is 0 Å². The number of carbonyl (C=O) groups is 1. The summed E-state index contributed by atoms with van der Waals surface area (Å²) >= 11 is 0. The summed E-state index contributed by atoms with van der Waals surface area (Å²) in [7, 11) is 0. The van der Waals surface area contributed by atoms with Gasteiger partial charge in [0.2, 0.25) is 5.91 Å². The van der Waals surface area contributed by atoms with Gasteiger partial charge >= 0.3 is 0 Å². The Hall–Kier alpha value is -1.25. The Morgan fingerprint density at radius 1 is 0.566 bits per heavy atom. The Morgan fingerprint density at radius 3 is 1.40 bits per heavy atom. The smallest absolute Gasteiger partial charge is 0.249 e. The van der Waals surface area contributed by atoms with Gasteiger partial charge in [0.05, 0.1) is 26.4 Å². The van der Waals surface area contributed by atoms with E-state index in [4.69, 9.17) is 24.7 Å². The van der Waals surface area contributed by atoms with Gasteiger partial charge in [0, 0.05) is 32.8 Å². The van der Waals surface area contributed by atoms with Crippen molar-refractivity contribution in [3.63, 3.8) is 0 Å². The molecule has 2 N–H and O–H groups in total. The number of primary amides is 1. The SMILES string of the molecule is CCCCCCCC/C=C\CCCCCCCCOC(COCCN1CCOCC1)C(OCCCCCCCC/C=C\CCCCCCCC)C(N)=O. The molecule has 1 fully saturated rings. The molecule has 0 aromatic carbocycles. The van der Waals surface area contributed by atoms with Crippen molar-refractivity contribution in [2.75, 3.05) is 59.3 Å². The van der Waals surface area contributed by atoms with Crippen molar-refractivity contribution in [1.82, 2.24) is 4.90 Å².